The van der Waals surface area contributed by atoms with Gasteiger partial charge in [0.1, 0.15) is 5.75 Å². The second-order valence-corrected chi connectivity index (χ2v) is 4.63. The lowest BCUT2D eigenvalue weighted by Crippen LogP contribution is -2.25. The minimum absolute atomic E-state index is 0.581. The van der Waals surface area contributed by atoms with Gasteiger partial charge < -0.3 is 10.5 Å². The lowest BCUT2D eigenvalue weighted by molar-refractivity contribution is 0.317. The van der Waals surface area contributed by atoms with E-state index in [0.717, 1.165) is 24.6 Å². The Bertz CT molecular complexity index is 320. The summed E-state index contributed by atoms with van der Waals surface area (Å²) >= 11 is 0. The summed E-state index contributed by atoms with van der Waals surface area (Å²) in [5.41, 5.74) is 7.24. The first-order valence-corrected chi connectivity index (χ1v) is 6.58. The van der Waals surface area contributed by atoms with Crippen molar-refractivity contribution in [2.45, 2.75) is 33.1 Å². The van der Waals surface area contributed by atoms with E-state index < -0.39 is 0 Å². The quantitative estimate of drug-likeness (QED) is 0.787. The summed E-state index contributed by atoms with van der Waals surface area (Å²) in [5, 5.41) is 0. The maximum atomic E-state index is 5.91. The van der Waals surface area contributed by atoms with Crippen molar-refractivity contribution in [1.29, 1.82) is 0 Å². The lowest BCUT2D eigenvalue weighted by Gasteiger charge is -2.24. The Balaban J connectivity index is 2.72. The molecule has 1 aromatic carbocycles. The first-order valence-electron chi connectivity index (χ1n) is 6.58. The number of rotatable bonds is 7. The molecule has 96 valence electrons. The average Bonchev–Trinajstić information content (AvgIpc) is 2.39. The molecule has 1 aromatic rings. The van der Waals surface area contributed by atoms with Gasteiger partial charge in [0.25, 0.3) is 0 Å². The molecule has 17 heavy (non-hydrogen) atoms. The number of hydrogen-bond donors (Lipinski definition) is 1. The van der Waals surface area contributed by atoms with Crippen LogP contribution in [0.2, 0.25) is 0 Å². The highest BCUT2D eigenvalue weighted by molar-refractivity contribution is 5.28. The molecule has 0 spiro atoms. The van der Waals surface area contributed by atoms with Gasteiger partial charge in [0.05, 0.1) is 7.11 Å². The Morgan fingerprint density at radius 2 is 1.88 bits per heavy atom. The Morgan fingerprint density at radius 1 is 1.18 bits per heavy atom. The van der Waals surface area contributed by atoms with Crippen LogP contribution in [0.15, 0.2) is 24.3 Å². The van der Waals surface area contributed by atoms with Crippen LogP contribution in [0.3, 0.4) is 0 Å². The van der Waals surface area contributed by atoms with Gasteiger partial charge in [-0.2, -0.15) is 0 Å². The van der Waals surface area contributed by atoms with E-state index in [-0.39, 0.29) is 0 Å². The van der Waals surface area contributed by atoms with Crippen LogP contribution in [0.1, 0.15) is 32.3 Å². The van der Waals surface area contributed by atoms with E-state index in [2.05, 4.69) is 32.0 Å². The summed E-state index contributed by atoms with van der Waals surface area (Å²) in [6.07, 6.45) is 3.48. The molecule has 2 heteroatoms. The average molecular weight is 235 g/mol. The smallest absolute Gasteiger partial charge is 0.119 e. The molecule has 0 saturated carbocycles. The lowest BCUT2D eigenvalue weighted by atomic mass is 9.83. The predicted octanol–water partition coefficient (Wildman–Crippen LogP) is 3.25. The molecule has 0 fully saturated rings. The Kier molecular flexibility index (Phi) is 6.06. The Hall–Kier alpha value is -1.02. The zero-order chi connectivity index (χ0) is 12.7. The number of benzene rings is 1. The van der Waals surface area contributed by atoms with Gasteiger partial charge >= 0.3 is 0 Å². The first kappa shape index (κ1) is 14.0. The summed E-state index contributed by atoms with van der Waals surface area (Å²) in [6.45, 7) is 5.27. The second kappa shape index (κ2) is 7.33. The summed E-state index contributed by atoms with van der Waals surface area (Å²) in [6, 6.07) is 8.31. The normalized spacial score (nSPS) is 12.8. The molecule has 0 saturated heterocycles. The van der Waals surface area contributed by atoms with Crippen LogP contribution in [0.25, 0.3) is 0 Å². The van der Waals surface area contributed by atoms with Crippen molar-refractivity contribution in [1.82, 2.24) is 0 Å². The van der Waals surface area contributed by atoms with E-state index >= 15 is 0 Å². The summed E-state index contributed by atoms with van der Waals surface area (Å²) in [7, 11) is 1.71. The highest BCUT2D eigenvalue weighted by atomic mass is 16.5. The fourth-order valence-corrected chi connectivity index (χ4v) is 2.50. The van der Waals surface area contributed by atoms with E-state index in [1.165, 1.54) is 18.4 Å². The zero-order valence-corrected chi connectivity index (χ0v) is 11.3. The van der Waals surface area contributed by atoms with E-state index in [0.29, 0.717) is 5.92 Å². The topological polar surface area (TPSA) is 35.2 Å². The van der Waals surface area contributed by atoms with Gasteiger partial charge in [-0.1, -0.05) is 38.8 Å². The summed E-state index contributed by atoms with van der Waals surface area (Å²) < 4.78 is 5.25. The molecular weight excluding hydrogens is 210 g/mol. The van der Waals surface area contributed by atoms with Crippen LogP contribution in [0.5, 0.6) is 5.75 Å². The molecule has 2 nitrogen and oxygen atoms in total. The molecular formula is C15H25NO. The number of hydrogen-bond acceptors (Lipinski definition) is 2. The SMILES string of the molecule is CCC(CC)C(CN)Cc1cccc(OC)c1. The van der Waals surface area contributed by atoms with Crippen LogP contribution in [0.4, 0.5) is 0 Å². The predicted molar refractivity (Wildman–Crippen MR) is 73.3 cm³/mol. The second-order valence-electron chi connectivity index (χ2n) is 4.63. The number of nitrogens with two attached hydrogens (primary N) is 1. The van der Waals surface area contributed by atoms with Crippen LogP contribution >= 0.6 is 0 Å². The Morgan fingerprint density at radius 3 is 2.41 bits per heavy atom. The standard InChI is InChI=1S/C15H25NO/c1-4-13(5-2)14(11-16)9-12-7-6-8-15(10-12)17-3/h6-8,10,13-14H,4-5,9,11,16H2,1-3H3. The van der Waals surface area contributed by atoms with Crippen molar-refractivity contribution in [2.24, 2.45) is 17.6 Å². The number of methoxy groups -OCH3 is 1. The highest BCUT2D eigenvalue weighted by Crippen LogP contribution is 2.24. The van der Waals surface area contributed by atoms with E-state index in [1.807, 2.05) is 6.07 Å². The van der Waals surface area contributed by atoms with E-state index in [4.69, 9.17) is 10.5 Å². The van der Waals surface area contributed by atoms with Crippen molar-refractivity contribution in [3.05, 3.63) is 29.8 Å². The molecule has 0 aliphatic carbocycles. The molecule has 0 amide bonds. The van der Waals surface area contributed by atoms with Crippen molar-refractivity contribution in [2.75, 3.05) is 13.7 Å². The third-order valence-corrected chi connectivity index (χ3v) is 3.65. The van der Waals surface area contributed by atoms with Crippen LogP contribution in [-0.2, 0) is 6.42 Å². The van der Waals surface area contributed by atoms with Crippen LogP contribution in [-0.4, -0.2) is 13.7 Å². The minimum atomic E-state index is 0.581. The zero-order valence-electron chi connectivity index (χ0n) is 11.3. The molecule has 0 bridgehead atoms. The van der Waals surface area contributed by atoms with Crippen molar-refractivity contribution < 1.29 is 4.74 Å². The van der Waals surface area contributed by atoms with Crippen molar-refractivity contribution in [3.8, 4) is 5.75 Å². The van der Waals surface area contributed by atoms with Crippen molar-refractivity contribution in [3.63, 3.8) is 0 Å². The molecule has 1 rings (SSSR count). The minimum Gasteiger partial charge on any atom is -0.497 e. The third-order valence-electron chi connectivity index (χ3n) is 3.65. The molecule has 1 unspecified atom stereocenters. The third kappa shape index (κ3) is 4.04. The summed E-state index contributed by atoms with van der Waals surface area (Å²) in [4.78, 5) is 0. The fourth-order valence-electron chi connectivity index (χ4n) is 2.50. The van der Waals surface area contributed by atoms with Crippen LogP contribution < -0.4 is 10.5 Å². The molecule has 0 radical (unpaired) electrons. The van der Waals surface area contributed by atoms with E-state index in [1.54, 1.807) is 7.11 Å². The van der Waals surface area contributed by atoms with Gasteiger partial charge in [-0.25, -0.2) is 0 Å². The largest absolute Gasteiger partial charge is 0.497 e. The molecule has 0 aliphatic heterocycles. The van der Waals surface area contributed by atoms with E-state index in [9.17, 15) is 0 Å². The van der Waals surface area contributed by atoms with Crippen molar-refractivity contribution >= 4 is 0 Å². The maximum Gasteiger partial charge on any atom is 0.119 e. The monoisotopic (exact) mass is 235 g/mol. The number of ether oxygens (including phenoxy) is 1. The molecule has 0 aliphatic rings. The molecule has 0 heterocycles. The molecule has 0 aromatic heterocycles. The molecule has 1 atom stereocenters. The molecule has 2 N–H and O–H groups in total. The first-order chi connectivity index (χ1) is 8.24. The maximum absolute atomic E-state index is 5.91. The van der Waals surface area contributed by atoms with Crippen LogP contribution in [0, 0.1) is 11.8 Å². The van der Waals surface area contributed by atoms with Gasteiger partial charge in [-0.05, 0) is 42.5 Å². The summed E-state index contributed by atoms with van der Waals surface area (Å²) in [5.74, 6) is 2.24. The Labute approximate surface area is 105 Å². The van der Waals surface area contributed by atoms with Gasteiger partial charge in [0.2, 0.25) is 0 Å². The van der Waals surface area contributed by atoms with Gasteiger partial charge in [0.15, 0.2) is 0 Å². The fraction of sp³-hybridized carbons (Fsp3) is 0.600. The van der Waals surface area contributed by atoms with Gasteiger partial charge in [0, 0.05) is 0 Å². The highest BCUT2D eigenvalue weighted by Gasteiger charge is 2.17. The van der Waals surface area contributed by atoms with Gasteiger partial charge in [-0.15, -0.1) is 0 Å². The van der Waals surface area contributed by atoms with Gasteiger partial charge in [-0.3, -0.25) is 0 Å².